The molecule has 0 heterocycles. The van der Waals surface area contributed by atoms with E-state index >= 15 is 0 Å². The van der Waals surface area contributed by atoms with Crippen LogP contribution in [-0.2, 0) is 6.42 Å². The third-order valence-electron chi connectivity index (χ3n) is 3.02. The van der Waals surface area contributed by atoms with Crippen molar-refractivity contribution in [1.82, 2.24) is 0 Å². The Hall–Kier alpha value is -0.990. The van der Waals surface area contributed by atoms with E-state index in [4.69, 9.17) is 16.3 Å². The molecule has 0 spiro atoms. The van der Waals surface area contributed by atoms with Gasteiger partial charge in [-0.3, -0.25) is 0 Å². The third kappa shape index (κ3) is 4.53. The van der Waals surface area contributed by atoms with Gasteiger partial charge < -0.3 is 4.74 Å². The van der Waals surface area contributed by atoms with Crippen LogP contribution in [0.25, 0.3) is 0 Å². The lowest BCUT2D eigenvalue weighted by molar-refractivity contribution is 0.317. The molecule has 2 aromatic rings. The van der Waals surface area contributed by atoms with E-state index in [1.165, 1.54) is 5.56 Å². The number of hydrogen-bond acceptors (Lipinski definition) is 1. The van der Waals surface area contributed by atoms with Crippen LogP contribution >= 0.6 is 27.5 Å². The molecule has 2 aromatic carbocycles. The molecule has 0 fully saturated rings. The molecule has 20 heavy (non-hydrogen) atoms. The normalized spacial score (nSPS) is 12.2. The number of alkyl halides is 1. The molecular weight excluding hydrogens is 336 g/mol. The van der Waals surface area contributed by atoms with Gasteiger partial charge in [0.05, 0.1) is 12.0 Å². The summed E-state index contributed by atoms with van der Waals surface area (Å²) in [4.78, 5) is 0. The summed E-state index contributed by atoms with van der Waals surface area (Å²) >= 11 is 9.96. The van der Waals surface area contributed by atoms with Crippen molar-refractivity contribution in [2.24, 2.45) is 0 Å². The summed E-state index contributed by atoms with van der Waals surface area (Å²) in [6.07, 6.45) is 1.82. The summed E-state index contributed by atoms with van der Waals surface area (Å²) in [5, 5.41) is -0.0404. The zero-order valence-electron chi connectivity index (χ0n) is 11.5. The molecule has 0 saturated heterocycles. The Morgan fingerprint density at radius 1 is 1.15 bits per heavy atom. The lowest BCUT2D eigenvalue weighted by Crippen LogP contribution is -1.99. The predicted molar refractivity (Wildman–Crippen MR) is 88.7 cm³/mol. The van der Waals surface area contributed by atoms with Gasteiger partial charge in [0.2, 0.25) is 0 Å². The van der Waals surface area contributed by atoms with Crippen molar-refractivity contribution >= 4 is 27.5 Å². The highest BCUT2D eigenvalue weighted by molar-refractivity contribution is 9.10. The maximum Gasteiger partial charge on any atom is 0.119 e. The molecule has 0 amide bonds. The van der Waals surface area contributed by atoms with Crippen LogP contribution in [0.3, 0.4) is 0 Å². The van der Waals surface area contributed by atoms with Crippen LogP contribution < -0.4 is 4.74 Å². The Kier molecular flexibility index (Phi) is 5.93. The van der Waals surface area contributed by atoms with E-state index in [2.05, 4.69) is 41.1 Å². The standard InChI is InChI=1S/C17H18BrClO/c1-2-10-20-16-5-3-4-14(12-16)17(19)11-13-6-8-15(18)9-7-13/h3-9,12,17H,2,10-11H2,1H3. The molecule has 0 aliphatic rings. The van der Waals surface area contributed by atoms with Crippen molar-refractivity contribution < 1.29 is 4.74 Å². The maximum atomic E-state index is 6.52. The molecule has 0 bridgehead atoms. The molecule has 3 heteroatoms. The second kappa shape index (κ2) is 7.70. The van der Waals surface area contributed by atoms with Gasteiger partial charge in [-0.1, -0.05) is 47.1 Å². The summed E-state index contributed by atoms with van der Waals surface area (Å²) < 4.78 is 6.73. The minimum Gasteiger partial charge on any atom is -0.494 e. The molecule has 2 rings (SSSR count). The Bertz CT molecular complexity index is 539. The Labute approximate surface area is 134 Å². The summed E-state index contributed by atoms with van der Waals surface area (Å²) in [7, 11) is 0. The van der Waals surface area contributed by atoms with Gasteiger partial charge in [0.1, 0.15) is 5.75 Å². The average Bonchev–Trinajstić information content (AvgIpc) is 2.48. The second-order valence-electron chi connectivity index (χ2n) is 4.72. The lowest BCUT2D eigenvalue weighted by Gasteiger charge is -2.12. The van der Waals surface area contributed by atoms with Gasteiger partial charge in [-0.2, -0.15) is 0 Å². The van der Waals surface area contributed by atoms with Crippen LogP contribution in [0, 0.1) is 0 Å². The number of rotatable bonds is 6. The zero-order valence-corrected chi connectivity index (χ0v) is 13.8. The SMILES string of the molecule is CCCOc1cccc(C(Cl)Cc2ccc(Br)cc2)c1. The van der Waals surface area contributed by atoms with Crippen LogP contribution in [0.15, 0.2) is 53.0 Å². The first-order chi connectivity index (χ1) is 9.69. The molecule has 1 unspecified atom stereocenters. The van der Waals surface area contributed by atoms with Crippen LogP contribution in [0.2, 0.25) is 0 Å². The van der Waals surface area contributed by atoms with Gasteiger partial charge in [-0.05, 0) is 48.2 Å². The highest BCUT2D eigenvalue weighted by Gasteiger charge is 2.10. The smallest absolute Gasteiger partial charge is 0.119 e. The molecule has 0 aliphatic carbocycles. The van der Waals surface area contributed by atoms with Gasteiger partial charge in [-0.25, -0.2) is 0 Å². The summed E-state index contributed by atoms with van der Waals surface area (Å²) in [6.45, 7) is 2.84. The molecule has 0 N–H and O–H groups in total. The van der Waals surface area contributed by atoms with E-state index in [-0.39, 0.29) is 5.38 Å². The van der Waals surface area contributed by atoms with Crippen molar-refractivity contribution in [2.45, 2.75) is 25.1 Å². The molecule has 1 nitrogen and oxygen atoms in total. The van der Waals surface area contributed by atoms with Crippen LogP contribution in [0.5, 0.6) is 5.75 Å². The quantitative estimate of drug-likeness (QED) is 0.600. The highest BCUT2D eigenvalue weighted by atomic mass is 79.9. The number of hydrogen-bond donors (Lipinski definition) is 0. The fourth-order valence-corrected chi connectivity index (χ4v) is 2.54. The number of benzene rings is 2. The summed E-state index contributed by atoms with van der Waals surface area (Å²) in [5.74, 6) is 0.894. The van der Waals surface area contributed by atoms with Crippen LogP contribution in [0.4, 0.5) is 0 Å². The van der Waals surface area contributed by atoms with E-state index in [1.54, 1.807) is 0 Å². The molecular formula is C17H18BrClO. The monoisotopic (exact) mass is 352 g/mol. The lowest BCUT2D eigenvalue weighted by atomic mass is 10.0. The van der Waals surface area contributed by atoms with Gasteiger partial charge in [0.15, 0.2) is 0 Å². The van der Waals surface area contributed by atoms with E-state index < -0.39 is 0 Å². The Morgan fingerprint density at radius 2 is 1.90 bits per heavy atom. The zero-order chi connectivity index (χ0) is 14.4. The maximum absolute atomic E-state index is 6.52. The van der Waals surface area contributed by atoms with E-state index in [0.29, 0.717) is 0 Å². The minimum atomic E-state index is -0.0404. The first-order valence-corrected chi connectivity index (χ1v) is 8.03. The molecule has 0 aromatic heterocycles. The van der Waals surface area contributed by atoms with Crippen LogP contribution in [0.1, 0.15) is 29.8 Å². The molecule has 0 radical (unpaired) electrons. The second-order valence-corrected chi connectivity index (χ2v) is 6.16. The third-order valence-corrected chi connectivity index (χ3v) is 3.96. The number of halogens is 2. The number of ether oxygens (including phenoxy) is 1. The average molecular weight is 354 g/mol. The summed E-state index contributed by atoms with van der Waals surface area (Å²) in [6, 6.07) is 16.3. The van der Waals surface area contributed by atoms with E-state index in [0.717, 1.165) is 35.2 Å². The minimum absolute atomic E-state index is 0.0404. The van der Waals surface area contributed by atoms with Gasteiger partial charge >= 0.3 is 0 Å². The Balaban J connectivity index is 2.04. The first-order valence-electron chi connectivity index (χ1n) is 6.80. The van der Waals surface area contributed by atoms with Gasteiger partial charge in [-0.15, -0.1) is 11.6 Å². The van der Waals surface area contributed by atoms with Crippen molar-refractivity contribution in [2.75, 3.05) is 6.61 Å². The van der Waals surface area contributed by atoms with Gasteiger partial charge in [0.25, 0.3) is 0 Å². The van der Waals surface area contributed by atoms with E-state index in [1.807, 2.05) is 30.3 Å². The molecule has 0 saturated carbocycles. The topological polar surface area (TPSA) is 9.23 Å². The predicted octanol–water partition coefficient (Wildman–Crippen LogP) is 5.76. The molecule has 0 aliphatic heterocycles. The fourth-order valence-electron chi connectivity index (χ4n) is 1.96. The van der Waals surface area contributed by atoms with Gasteiger partial charge in [0, 0.05) is 4.47 Å². The fraction of sp³-hybridized carbons (Fsp3) is 0.294. The van der Waals surface area contributed by atoms with Crippen molar-refractivity contribution in [3.63, 3.8) is 0 Å². The molecule has 1 atom stereocenters. The van der Waals surface area contributed by atoms with E-state index in [9.17, 15) is 0 Å². The first kappa shape index (κ1) is 15.4. The van der Waals surface area contributed by atoms with Crippen molar-refractivity contribution in [3.05, 3.63) is 64.1 Å². The molecule has 106 valence electrons. The summed E-state index contributed by atoms with van der Waals surface area (Å²) in [5.41, 5.74) is 2.33. The largest absolute Gasteiger partial charge is 0.494 e. The highest BCUT2D eigenvalue weighted by Crippen LogP contribution is 2.28. The Morgan fingerprint density at radius 3 is 2.60 bits per heavy atom. The van der Waals surface area contributed by atoms with Crippen LogP contribution in [-0.4, -0.2) is 6.61 Å². The van der Waals surface area contributed by atoms with Crippen molar-refractivity contribution in [3.8, 4) is 5.75 Å². The van der Waals surface area contributed by atoms with Crippen molar-refractivity contribution in [1.29, 1.82) is 0 Å².